The molecule has 0 saturated carbocycles. The van der Waals surface area contributed by atoms with Crippen molar-refractivity contribution < 1.29 is 19.2 Å². The summed E-state index contributed by atoms with van der Waals surface area (Å²) in [7, 11) is 0. The Morgan fingerprint density at radius 2 is 1.47 bits per heavy atom. The van der Waals surface area contributed by atoms with Crippen LogP contribution in [-0.4, -0.2) is 23.7 Å². The van der Waals surface area contributed by atoms with Crippen molar-refractivity contribution in [3.8, 4) is 0 Å². The zero-order valence-corrected chi connectivity index (χ0v) is 23.6. The highest BCUT2D eigenvalue weighted by molar-refractivity contribution is 14.1. The van der Waals surface area contributed by atoms with Crippen molar-refractivity contribution >= 4 is 67.5 Å². The van der Waals surface area contributed by atoms with E-state index in [0.29, 0.717) is 22.5 Å². The molecule has 0 unspecified atom stereocenters. The van der Waals surface area contributed by atoms with Crippen molar-refractivity contribution in [3.05, 3.63) is 128 Å². The minimum atomic E-state index is -1.02. The van der Waals surface area contributed by atoms with E-state index in [0.717, 1.165) is 13.6 Å². The van der Waals surface area contributed by atoms with Gasteiger partial charge >= 0.3 is 0 Å². The summed E-state index contributed by atoms with van der Waals surface area (Å²) in [5.74, 6) is -1.71. The van der Waals surface area contributed by atoms with Crippen LogP contribution in [0.25, 0.3) is 0 Å². The first kappa shape index (κ1) is 25.0. The summed E-state index contributed by atoms with van der Waals surface area (Å²) in [6.45, 7) is 0. The van der Waals surface area contributed by atoms with E-state index in [1.54, 1.807) is 41.5 Å². The predicted molar refractivity (Wildman–Crippen MR) is 156 cm³/mol. The van der Waals surface area contributed by atoms with Crippen LogP contribution < -0.4 is 9.96 Å². The van der Waals surface area contributed by atoms with Gasteiger partial charge in [0.2, 0.25) is 5.91 Å². The van der Waals surface area contributed by atoms with Crippen LogP contribution in [0.2, 0.25) is 0 Å². The third-order valence-electron chi connectivity index (χ3n) is 6.82. The first-order chi connectivity index (χ1) is 18.4. The fraction of sp³-hybridized carbons (Fsp3) is 0.100. The fourth-order valence-corrected chi connectivity index (χ4v) is 5.84. The third kappa shape index (κ3) is 4.26. The lowest BCUT2D eigenvalue weighted by Gasteiger charge is -2.30. The molecule has 0 spiro atoms. The number of carbonyl (C=O) groups is 3. The second-order valence-corrected chi connectivity index (χ2v) is 11.2. The maximum absolute atomic E-state index is 13.9. The lowest BCUT2D eigenvalue weighted by Crippen LogP contribution is -2.37. The molecule has 0 bridgehead atoms. The normalized spacial score (nSPS) is 20.6. The summed E-state index contributed by atoms with van der Waals surface area (Å²) in [5, 5.41) is 1.59. The molecule has 2 aliphatic heterocycles. The third-order valence-corrected chi connectivity index (χ3v) is 8.02. The number of hydroxylamine groups is 1. The van der Waals surface area contributed by atoms with Gasteiger partial charge in [-0.25, -0.2) is 9.96 Å². The number of imide groups is 1. The van der Waals surface area contributed by atoms with E-state index in [9.17, 15) is 14.4 Å². The van der Waals surface area contributed by atoms with Crippen LogP contribution in [-0.2, 0) is 14.4 Å². The van der Waals surface area contributed by atoms with E-state index < -0.39 is 24.0 Å². The summed E-state index contributed by atoms with van der Waals surface area (Å²) in [4.78, 5) is 48.6. The number of carbonyl (C=O) groups excluding carboxylic acids is 3. The lowest BCUT2D eigenvalue weighted by atomic mass is 9.90. The molecule has 6 rings (SSSR count). The Morgan fingerprint density at radius 1 is 0.816 bits per heavy atom. The second-order valence-electron chi connectivity index (χ2n) is 9.08. The maximum atomic E-state index is 13.9. The topological polar surface area (TPSA) is 66.9 Å². The molecular formula is C30H20BrIN2O4. The standard InChI is InChI=1S/C30H20BrIN2O4/c31-20-11-14-22(15-12-20)33-29(36)25-26(18-7-3-1-4-8-18)34(38-28(25)30(33)37)24-16-13-21(32)17-23(24)27(35)19-9-5-2-6-10-19/h1-17,25-26,28H/t25-,26+,28-/m0/s1. The van der Waals surface area contributed by atoms with Crippen LogP contribution in [0.15, 0.2) is 108 Å². The summed E-state index contributed by atoms with van der Waals surface area (Å²) < 4.78 is 1.73. The first-order valence-corrected chi connectivity index (χ1v) is 13.8. The number of hydrogen-bond acceptors (Lipinski definition) is 5. The molecule has 38 heavy (non-hydrogen) atoms. The van der Waals surface area contributed by atoms with Crippen LogP contribution in [0, 0.1) is 9.49 Å². The van der Waals surface area contributed by atoms with E-state index in [1.165, 1.54) is 4.90 Å². The average molecular weight is 679 g/mol. The summed E-state index contributed by atoms with van der Waals surface area (Å²) in [6, 6.07) is 30.5. The van der Waals surface area contributed by atoms with Crippen LogP contribution >= 0.6 is 38.5 Å². The number of benzene rings is 4. The quantitative estimate of drug-likeness (QED) is 0.140. The SMILES string of the molecule is O=C(c1ccccc1)c1cc(I)ccc1N1O[C@@H]2C(=O)N(c3ccc(Br)cc3)C(=O)[C@H]2[C@H]1c1ccccc1. The molecule has 2 saturated heterocycles. The number of rotatable bonds is 5. The highest BCUT2D eigenvalue weighted by Gasteiger charge is 2.60. The van der Waals surface area contributed by atoms with Crippen molar-refractivity contribution in [3.63, 3.8) is 0 Å². The molecular weight excluding hydrogens is 659 g/mol. The first-order valence-electron chi connectivity index (χ1n) is 12.0. The van der Waals surface area contributed by atoms with Crippen molar-refractivity contribution in [2.24, 2.45) is 5.92 Å². The van der Waals surface area contributed by atoms with E-state index in [1.807, 2.05) is 66.7 Å². The van der Waals surface area contributed by atoms with Gasteiger partial charge in [-0.15, -0.1) is 0 Å². The van der Waals surface area contributed by atoms with Crippen LogP contribution in [0.1, 0.15) is 27.5 Å². The van der Waals surface area contributed by atoms with E-state index in [-0.39, 0.29) is 11.7 Å². The monoisotopic (exact) mass is 678 g/mol. The molecule has 2 aliphatic rings. The summed E-state index contributed by atoms with van der Waals surface area (Å²) in [5.41, 5.74) is 2.80. The molecule has 2 heterocycles. The second kappa shape index (κ2) is 10.1. The highest BCUT2D eigenvalue weighted by atomic mass is 127. The van der Waals surface area contributed by atoms with Gasteiger partial charge in [-0.1, -0.05) is 76.6 Å². The molecule has 2 amide bonds. The Morgan fingerprint density at radius 3 is 2.16 bits per heavy atom. The number of halogens is 2. The fourth-order valence-electron chi connectivity index (χ4n) is 5.08. The average Bonchev–Trinajstić information content (AvgIpc) is 3.45. The molecule has 0 radical (unpaired) electrons. The van der Waals surface area contributed by atoms with Crippen LogP contribution in [0.4, 0.5) is 11.4 Å². The van der Waals surface area contributed by atoms with Gasteiger partial charge in [0.05, 0.1) is 17.4 Å². The number of ketones is 1. The Labute approximate surface area is 241 Å². The highest BCUT2D eigenvalue weighted by Crippen LogP contribution is 2.48. The summed E-state index contributed by atoms with van der Waals surface area (Å²) >= 11 is 5.57. The van der Waals surface area contributed by atoms with Crippen molar-refractivity contribution in [2.75, 3.05) is 9.96 Å². The molecule has 4 aromatic carbocycles. The largest absolute Gasteiger partial charge is 0.289 e. The Kier molecular flexibility index (Phi) is 6.63. The number of amides is 2. The zero-order chi connectivity index (χ0) is 26.4. The minimum Gasteiger partial charge on any atom is -0.289 e. The molecule has 0 aromatic heterocycles. The van der Waals surface area contributed by atoms with E-state index >= 15 is 0 Å². The maximum Gasteiger partial charge on any atom is 0.266 e. The number of fused-ring (bicyclic) bond motifs is 1. The van der Waals surface area contributed by atoms with Gasteiger partial charge in [-0.2, -0.15) is 0 Å². The van der Waals surface area contributed by atoms with Crippen molar-refractivity contribution in [1.82, 2.24) is 0 Å². The number of anilines is 2. The molecule has 188 valence electrons. The van der Waals surface area contributed by atoms with Gasteiger partial charge in [0.25, 0.3) is 5.91 Å². The van der Waals surface area contributed by atoms with Crippen molar-refractivity contribution in [2.45, 2.75) is 12.1 Å². The van der Waals surface area contributed by atoms with Gasteiger partial charge in [-0.05, 0) is 70.6 Å². The zero-order valence-electron chi connectivity index (χ0n) is 19.8. The molecule has 0 aliphatic carbocycles. The molecule has 6 nitrogen and oxygen atoms in total. The Balaban J connectivity index is 1.46. The molecule has 4 aromatic rings. The van der Waals surface area contributed by atoms with Gasteiger partial charge in [0.15, 0.2) is 11.9 Å². The molecule has 3 atom stereocenters. The number of hydrogen-bond donors (Lipinski definition) is 0. The Bertz CT molecular complexity index is 1550. The van der Waals surface area contributed by atoms with Crippen LogP contribution in [0.3, 0.4) is 0 Å². The van der Waals surface area contributed by atoms with Gasteiger partial charge in [-0.3, -0.25) is 19.2 Å². The molecule has 0 N–H and O–H groups in total. The van der Waals surface area contributed by atoms with E-state index in [4.69, 9.17) is 4.84 Å². The lowest BCUT2D eigenvalue weighted by molar-refractivity contribution is -0.126. The van der Waals surface area contributed by atoms with E-state index in [2.05, 4.69) is 38.5 Å². The number of nitrogens with zero attached hydrogens (tertiary/aromatic N) is 2. The summed E-state index contributed by atoms with van der Waals surface area (Å²) in [6.07, 6.45) is -1.02. The van der Waals surface area contributed by atoms with Gasteiger partial charge < -0.3 is 0 Å². The van der Waals surface area contributed by atoms with Crippen LogP contribution in [0.5, 0.6) is 0 Å². The smallest absolute Gasteiger partial charge is 0.266 e. The Hall–Kier alpha value is -3.34. The minimum absolute atomic E-state index is 0.166. The predicted octanol–water partition coefficient (Wildman–Crippen LogP) is 6.34. The molecule has 2 fully saturated rings. The van der Waals surface area contributed by atoms with Crippen molar-refractivity contribution in [1.29, 1.82) is 0 Å². The molecule has 8 heteroatoms. The van der Waals surface area contributed by atoms with Gasteiger partial charge in [0, 0.05) is 19.2 Å². The van der Waals surface area contributed by atoms with Gasteiger partial charge in [0.1, 0.15) is 5.92 Å².